The fraction of sp³-hybridized carbons (Fsp3) is 0.941. The fourth-order valence-corrected chi connectivity index (χ4v) is 6.04. The Hall–Kier alpha value is -0.570. The molecule has 4 fully saturated rings. The lowest BCUT2D eigenvalue weighted by Crippen LogP contribution is -2.53. The number of carbonyl (C=O) groups is 1. The highest BCUT2D eigenvalue weighted by Crippen LogP contribution is 2.55. The van der Waals surface area contributed by atoms with Gasteiger partial charge in [-0.05, 0) is 50.6 Å². The van der Waals surface area contributed by atoms with Gasteiger partial charge in [0.25, 0.3) is 0 Å². The van der Waals surface area contributed by atoms with Crippen LogP contribution in [0.25, 0.3) is 0 Å². The van der Waals surface area contributed by atoms with Crippen molar-refractivity contribution >= 4 is 5.97 Å². The third-order valence-corrected chi connectivity index (χ3v) is 6.80. The Kier molecular flexibility index (Phi) is 3.10. The molecule has 0 bridgehead atoms. The minimum Gasteiger partial charge on any atom is -0.462 e. The van der Waals surface area contributed by atoms with E-state index in [9.17, 15) is 4.79 Å². The number of rotatable bonds is 1. The van der Waals surface area contributed by atoms with Crippen LogP contribution < -0.4 is 0 Å². The van der Waals surface area contributed by atoms with E-state index in [4.69, 9.17) is 4.74 Å². The molecule has 0 spiro atoms. The van der Waals surface area contributed by atoms with Crippen molar-refractivity contribution in [2.45, 2.75) is 58.1 Å². The van der Waals surface area contributed by atoms with Crippen LogP contribution in [0.1, 0.15) is 46.0 Å². The highest BCUT2D eigenvalue weighted by molar-refractivity contribution is 5.75. The number of fused-ring (bicyclic) bond motifs is 2. The van der Waals surface area contributed by atoms with Crippen LogP contribution in [0.3, 0.4) is 0 Å². The van der Waals surface area contributed by atoms with Crippen LogP contribution in [0.2, 0.25) is 0 Å². The predicted molar refractivity (Wildman–Crippen MR) is 77.1 cm³/mol. The van der Waals surface area contributed by atoms with Gasteiger partial charge in [0, 0.05) is 17.9 Å². The molecule has 0 aromatic carbocycles. The highest BCUT2D eigenvalue weighted by Gasteiger charge is 2.60. The molecule has 0 unspecified atom stereocenters. The minimum atomic E-state index is 0.0772. The standard InChI is InChI=1S/C17H27NO2/c1-3-11-12-6-4-5-8-18-9-7-13(15(12)18)14-10(2)17(19)20-16(11)14/h10-16H,3-9H2,1-2H3/t10-,11+,12-,13-,14-,15-,16+/m0/s1. The number of ether oxygens (including phenoxy) is 1. The molecule has 112 valence electrons. The van der Waals surface area contributed by atoms with Gasteiger partial charge in [-0.1, -0.05) is 20.3 Å². The summed E-state index contributed by atoms with van der Waals surface area (Å²) in [6, 6.07) is 0.751. The van der Waals surface area contributed by atoms with Crippen LogP contribution in [0.5, 0.6) is 0 Å². The summed E-state index contributed by atoms with van der Waals surface area (Å²) in [6.07, 6.45) is 6.77. The van der Waals surface area contributed by atoms with Crippen molar-refractivity contribution in [3.63, 3.8) is 0 Å². The summed E-state index contributed by atoms with van der Waals surface area (Å²) in [5, 5.41) is 0. The smallest absolute Gasteiger partial charge is 0.309 e. The van der Waals surface area contributed by atoms with E-state index in [0.717, 1.165) is 12.0 Å². The van der Waals surface area contributed by atoms with Crippen LogP contribution >= 0.6 is 0 Å². The molecule has 7 atom stereocenters. The summed E-state index contributed by atoms with van der Waals surface area (Å²) < 4.78 is 5.86. The van der Waals surface area contributed by atoms with E-state index in [1.165, 1.54) is 45.2 Å². The lowest BCUT2D eigenvalue weighted by Gasteiger charge is -2.48. The number of carbonyl (C=O) groups excluding carboxylic acids is 1. The van der Waals surface area contributed by atoms with E-state index < -0.39 is 0 Å². The third kappa shape index (κ3) is 1.65. The maximum atomic E-state index is 12.1. The Bertz CT molecular complexity index is 410. The molecule has 0 aromatic heterocycles. The minimum absolute atomic E-state index is 0.0772. The molecule has 3 heterocycles. The van der Waals surface area contributed by atoms with Crippen molar-refractivity contribution in [1.82, 2.24) is 4.90 Å². The summed E-state index contributed by atoms with van der Waals surface area (Å²) in [5.41, 5.74) is 0. The van der Waals surface area contributed by atoms with Gasteiger partial charge in [0.2, 0.25) is 0 Å². The zero-order chi connectivity index (χ0) is 13.9. The Morgan fingerprint density at radius 1 is 1.20 bits per heavy atom. The topological polar surface area (TPSA) is 29.5 Å². The van der Waals surface area contributed by atoms with Gasteiger partial charge in [0.05, 0.1) is 5.92 Å². The number of hydrogen-bond acceptors (Lipinski definition) is 3. The molecule has 0 amide bonds. The van der Waals surface area contributed by atoms with E-state index in [-0.39, 0.29) is 18.0 Å². The van der Waals surface area contributed by atoms with Crippen LogP contribution in [-0.4, -0.2) is 36.1 Å². The molecule has 3 aliphatic heterocycles. The Morgan fingerprint density at radius 2 is 2.05 bits per heavy atom. The number of esters is 1. The van der Waals surface area contributed by atoms with Gasteiger partial charge < -0.3 is 4.74 Å². The first kappa shape index (κ1) is 13.1. The maximum absolute atomic E-state index is 12.1. The SMILES string of the molecule is CC[C@@H]1[C@@H]2CCCCN3CC[C@@H]([C@H]4[C@@H]1OC(=O)[C@H]4C)[C@H]23. The van der Waals surface area contributed by atoms with Gasteiger partial charge in [0.15, 0.2) is 0 Å². The first-order valence-electron chi connectivity index (χ1n) is 8.67. The average Bonchev–Trinajstić information content (AvgIpc) is 2.89. The lowest BCUT2D eigenvalue weighted by atomic mass is 9.60. The first-order valence-corrected chi connectivity index (χ1v) is 8.67. The molecule has 3 heteroatoms. The van der Waals surface area contributed by atoms with Gasteiger partial charge in [-0.3, -0.25) is 9.69 Å². The average molecular weight is 277 g/mol. The number of nitrogens with zero attached hydrogens (tertiary/aromatic N) is 1. The fourth-order valence-electron chi connectivity index (χ4n) is 6.04. The van der Waals surface area contributed by atoms with E-state index in [0.29, 0.717) is 17.8 Å². The van der Waals surface area contributed by atoms with Gasteiger partial charge in [0.1, 0.15) is 6.10 Å². The molecule has 3 nitrogen and oxygen atoms in total. The summed E-state index contributed by atoms with van der Waals surface area (Å²) in [7, 11) is 0. The molecule has 1 saturated carbocycles. The molecular weight excluding hydrogens is 250 g/mol. The predicted octanol–water partition coefficient (Wildman–Crippen LogP) is 2.69. The van der Waals surface area contributed by atoms with Crippen LogP contribution in [0, 0.1) is 29.6 Å². The van der Waals surface area contributed by atoms with E-state index in [1.807, 2.05) is 0 Å². The van der Waals surface area contributed by atoms with Crippen molar-refractivity contribution in [2.24, 2.45) is 29.6 Å². The molecule has 20 heavy (non-hydrogen) atoms. The third-order valence-electron chi connectivity index (χ3n) is 6.80. The van der Waals surface area contributed by atoms with Crippen molar-refractivity contribution in [3.05, 3.63) is 0 Å². The Balaban J connectivity index is 1.74. The second-order valence-corrected chi connectivity index (χ2v) is 7.48. The Morgan fingerprint density at radius 3 is 2.85 bits per heavy atom. The second kappa shape index (κ2) is 4.72. The summed E-state index contributed by atoms with van der Waals surface area (Å²) in [6.45, 7) is 6.95. The second-order valence-electron chi connectivity index (χ2n) is 7.48. The van der Waals surface area contributed by atoms with E-state index in [1.54, 1.807) is 0 Å². The summed E-state index contributed by atoms with van der Waals surface area (Å²) >= 11 is 0. The van der Waals surface area contributed by atoms with Crippen LogP contribution in [0.15, 0.2) is 0 Å². The molecule has 0 N–H and O–H groups in total. The largest absolute Gasteiger partial charge is 0.462 e. The molecule has 3 saturated heterocycles. The van der Waals surface area contributed by atoms with Crippen molar-refractivity contribution in [3.8, 4) is 0 Å². The molecule has 4 aliphatic rings. The molecule has 4 rings (SSSR count). The molecule has 0 aromatic rings. The zero-order valence-corrected chi connectivity index (χ0v) is 12.8. The van der Waals surface area contributed by atoms with E-state index in [2.05, 4.69) is 18.7 Å². The van der Waals surface area contributed by atoms with Gasteiger partial charge in [-0.25, -0.2) is 0 Å². The van der Waals surface area contributed by atoms with Gasteiger partial charge in [-0.15, -0.1) is 0 Å². The van der Waals surface area contributed by atoms with Crippen LogP contribution in [-0.2, 0) is 9.53 Å². The Labute approximate surface area is 122 Å². The van der Waals surface area contributed by atoms with Gasteiger partial charge in [-0.2, -0.15) is 0 Å². The van der Waals surface area contributed by atoms with Crippen LogP contribution in [0.4, 0.5) is 0 Å². The molecule has 0 radical (unpaired) electrons. The summed E-state index contributed by atoms with van der Waals surface area (Å²) in [5.74, 6) is 2.80. The van der Waals surface area contributed by atoms with E-state index >= 15 is 0 Å². The monoisotopic (exact) mass is 277 g/mol. The molecular formula is C17H27NO2. The van der Waals surface area contributed by atoms with Crippen molar-refractivity contribution in [2.75, 3.05) is 13.1 Å². The zero-order valence-electron chi connectivity index (χ0n) is 12.8. The number of hydrogen-bond donors (Lipinski definition) is 0. The quantitative estimate of drug-likeness (QED) is 0.690. The first-order chi connectivity index (χ1) is 9.72. The summed E-state index contributed by atoms with van der Waals surface area (Å²) in [4.78, 5) is 14.9. The highest BCUT2D eigenvalue weighted by atomic mass is 16.6. The molecule has 1 aliphatic carbocycles. The normalized spacial score (nSPS) is 51.3. The van der Waals surface area contributed by atoms with Crippen molar-refractivity contribution in [1.29, 1.82) is 0 Å². The van der Waals surface area contributed by atoms with Gasteiger partial charge >= 0.3 is 5.97 Å². The maximum Gasteiger partial charge on any atom is 0.309 e. The lowest BCUT2D eigenvalue weighted by molar-refractivity contribution is -0.148. The van der Waals surface area contributed by atoms with Crippen molar-refractivity contribution < 1.29 is 9.53 Å².